The van der Waals surface area contributed by atoms with Gasteiger partial charge in [-0.05, 0) is 18.4 Å². The van der Waals surface area contributed by atoms with Gasteiger partial charge in [-0.1, -0.05) is 44.2 Å². The van der Waals surface area contributed by atoms with Crippen molar-refractivity contribution >= 4 is 11.8 Å². The minimum absolute atomic E-state index is 0.0328. The minimum Gasteiger partial charge on any atom is -0.388 e. The predicted octanol–water partition coefficient (Wildman–Crippen LogP) is 0.869. The molecule has 0 fully saturated rings. The first-order chi connectivity index (χ1) is 9.81. The first kappa shape index (κ1) is 17.2. The number of hydrogen-bond acceptors (Lipinski definition) is 3. The summed E-state index contributed by atoms with van der Waals surface area (Å²) in [5.74, 6) is -0.477. The third-order valence-corrected chi connectivity index (χ3v) is 3.54. The number of carbonyl (C=O) groups is 2. The molecule has 0 aliphatic rings. The maximum atomic E-state index is 11.7. The van der Waals surface area contributed by atoms with Gasteiger partial charge in [0.15, 0.2) is 0 Å². The van der Waals surface area contributed by atoms with Crippen molar-refractivity contribution in [2.45, 2.75) is 32.8 Å². The van der Waals surface area contributed by atoms with Gasteiger partial charge < -0.3 is 15.7 Å². The third-order valence-electron chi connectivity index (χ3n) is 3.54. The van der Waals surface area contributed by atoms with Crippen LogP contribution in [0.15, 0.2) is 30.3 Å². The maximum absolute atomic E-state index is 11.7. The number of aliphatic hydroxyl groups is 1. The van der Waals surface area contributed by atoms with Crippen molar-refractivity contribution in [1.82, 2.24) is 10.6 Å². The molecule has 0 spiro atoms. The molecule has 1 aromatic rings. The number of benzene rings is 1. The van der Waals surface area contributed by atoms with Crippen LogP contribution in [0.25, 0.3) is 0 Å². The second-order valence-electron chi connectivity index (χ2n) is 5.73. The van der Waals surface area contributed by atoms with Gasteiger partial charge in [-0.2, -0.15) is 0 Å². The molecule has 3 N–H and O–H groups in total. The Labute approximate surface area is 125 Å². The van der Waals surface area contributed by atoms with Crippen LogP contribution in [0.1, 0.15) is 26.3 Å². The Kier molecular flexibility index (Phi) is 6.37. The Morgan fingerprint density at radius 2 is 1.76 bits per heavy atom. The van der Waals surface area contributed by atoms with Crippen molar-refractivity contribution in [3.63, 3.8) is 0 Å². The molecule has 0 radical (unpaired) electrons. The minimum atomic E-state index is -0.955. The molecule has 0 heterocycles. The summed E-state index contributed by atoms with van der Waals surface area (Å²) in [4.78, 5) is 23.3. The SMILES string of the molecule is CC(C)C(C)(O)CNC(=O)CNC(=O)Cc1ccccc1. The van der Waals surface area contributed by atoms with Gasteiger partial charge in [0.1, 0.15) is 0 Å². The molecule has 0 aliphatic heterocycles. The van der Waals surface area contributed by atoms with Crippen LogP contribution in [-0.4, -0.2) is 35.6 Å². The topological polar surface area (TPSA) is 78.4 Å². The van der Waals surface area contributed by atoms with Gasteiger partial charge in [-0.15, -0.1) is 0 Å². The number of nitrogens with one attached hydrogen (secondary N) is 2. The Morgan fingerprint density at radius 1 is 1.14 bits per heavy atom. The molecule has 1 atom stereocenters. The third kappa shape index (κ3) is 6.40. The zero-order chi connectivity index (χ0) is 15.9. The standard InChI is InChI=1S/C16H24N2O3/c1-12(2)16(3,21)11-18-15(20)10-17-14(19)9-13-7-5-4-6-8-13/h4-8,12,21H,9-11H2,1-3H3,(H,17,19)(H,18,20). The predicted molar refractivity (Wildman–Crippen MR) is 81.6 cm³/mol. The highest BCUT2D eigenvalue weighted by molar-refractivity contribution is 5.85. The summed E-state index contributed by atoms with van der Waals surface area (Å²) in [5, 5.41) is 15.2. The maximum Gasteiger partial charge on any atom is 0.239 e. The Hall–Kier alpha value is -1.88. The molecule has 2 amide bonds. The smallest absolute Gasteiger partial charge is 0.239 e. The molecule has 0 aliphatic carbocycles. The summed E-state index contributed by atoms with van der Waals surface area (Å²) in [6.45, 7) is 5.52. The molecule has 1 unspecified atom stereocenters. The van der Waals surface area contributed by atoms with Crippen molar-refractivity contribution < 1.29 is 14.7 Å². The highest BCUT2D eigenvalue weighted by Crippen LogP contribution is 2.14. The molecule has 5 nitrogen and oxygen atoms in total. The lowest BCUT2D eigenvalue weighted by atomic mass is 9.92. The van der Waals surface area contributed by atoms with E-state index >= 15 is 0 Å². The van der Waals surface area contributed by atoms with Crippen molar-refractivity contribution in [2.75, 3.05) is 13.1 Å². The lowest BCUT2D eigenvalue weighted by Gasteiger charge is -2.27. The van der Waals surface area contributed by atoms with E-state index in [0.717, 1.165) is 5.56 Å². The van der Waals surface area contributed by atoms with Crippen LogP contribution < -0.4 is 10.6 Å². The van der Waals surface area contributed by atoms with Crippen molar-refractivity contribution in [1.29, 1.82) is 0 Å². The van der Waals surface area contributed by atoms with E-state index in [1.807, 2.05) is 44.2 Å². The largest absolute Gasteiger partial charge is 0.388 e. The van der Waals surface area contributed by atoms with Crippen molar-refractivity contribution in [2.24, 2.45) is 5.92 Å². The van der Waals surface area contributed by atoms with Crippen LogP contribution in [0.2, 0.25) is 0 Å². The number of rotatable bonds is 7. The average Bonchev–Trinajstić information content (AvgIpc) is 2.44. The fourth-order valence-electron chi connectivity index (χ4n) is 1.57. The molecule has 0 saturated carbocycles. The first-order valence-electron chi connectivity index (χ1n) is 7.11. The molecular weight excluding hydrogens is 268 g/mol. The summed E-state index contributed by atoms with van der Waals surface area (Å²) in [6.07, 6.45) is 0.248. The van der Waals surface area contributed by atoms with E-state index in [0.29, 0.717) is 0 Å². The van der Waals surface area contributed by atoms with Crippen molar-refractivity contribution in [3.8, 4) is 0 Å². The average molecular weight is 292 g/mol. The zero-order valence-corrected chi connectivity index (χ0v) is 12.8. The second kappa shape index (κ2) is 7.78. The molecule has 5 heteroatoms. The molecule has 21 heavy (non-hydrogen) atoms. The van der Waals surface area contributed by atoms with E-state index < -0.39 is 5.60 Å². The Morgan fingerprint density at radius 3 is 2.33 bits per heavy atom. The highest BCUT2D eigenvalue weighted by atomic mass is 16.3. The highest BCUT2D eigenvalue weighted by Gasteiger charge is 2.25. The van der Waals surface area contributed by atoms with Crippen LogP contribution in [0.3, 0.4) is 0 Å². The number of hydrogen-bond donors (Lipinski definition) is 3. The summed E-state index contributed by atoms with van der Waals surface area (Å²) >= 11 is 0. The van der Waals surface area contributed by atoms with Gasteiger partial charge in [0.25, 0.3) is 0 Å². The number of amides is 2. The van der Waals surface area contributed by atoms with Gasteiger partial charge in [-0.3, -0.25) is 9.59 Å². The quantitative estimate of drug-likeness (QED) is 0.698. The molecule has 1 aromatic carbocycles. The fourth-order valence-corrected chi connectivity index (χ4v) is 1.57. The van der Waals surface area contributed by atoms with Gasteiger partial charge in [-0.25, -0.2) is 0 Å². The zero-order valence-electron chi connectivity index (χ0n) is 12.8. The second-order valence-corrected chi connectivity index (χ2v) is 5.73. The monoisotopic (exact) mass is 292 g/mol. The molecular formula is C16H24N2O3. The lowest BCUT2D eigenvalue weighted by Crippen LogP contribution is -2.47. The summed E-state index contributed by atoms with van der Waals surface area (Å²) < 4.78 is 0. The summed E-state index contributed by atoms with van der Waals surface area (Å²) in [6, 6.07) is 9.33. The van der Waals surface area contributed by atoms with Crippen LogP contribution in [0.4, 0.5) is 0 Å². The molecule has 0 aromatic heterocycles. The van der Waals surface area contributed by atoms with E-state index in [9.17, 15) is 14.7 Å². The van der Waals surface area contributed by atoms with Crippen LogP contribution >= 0.6 is 0 Å². The van der Waals surface area contributed by atoms with Crippen LogP contribution in [0, 0.1) is 5.92 Å². The van der Waals surface area contributed by atoms with Gasteiger partial charge in [0.05, 0.1) is 18.6 Å². The van der Waals surface area contributed by atoms with E-state index in [1.54, 1.807) is 6.92 Å². The normalized spacial score (nSPS) is 13.6. The summed E-state index contributed by atoms with van der Waals surface area (Å²) in [7, 11) is 0. The van der Waals surface area contributed by atoms with Gasteiger partial charge in [0, 0.05) is 6.54 Å². The number of carbonyl (C=O) groups excluding carboxylic acids is 2. The molecule has 0 bridgehead atoms. The Balaban J connectivity index is 2.28. The summed E-state index contributed by atoms with van der Waals surface area (Å²) in [5.41, 5.74) is -0.0536. The Bertz CT molecular complexity index is 470. The van der Waals surface area contributed by atoms with E-state index in [-0.39, 0.29) is 37.2 Å². The van der Waals surface area contributed by atoms with Crippen LogP contribution in [0.5, 0.6) is 0 Å². The van der Waals surface area contributed by atoms with Gasteiger partial charge >= 0.3 is 0 Å². The van der Waals surface area contributed by atoms with E-state index in [2.05, 4.69) is 10.6 Å². The lowest BCUT2D eigenvalue weighted by molar-refractivity contribution is -0.126. The van der Waals surface area contributed by atoms with Crippen molar-refractivity contribution in [3.05, 3.63) is 35.9 Å². The van der Waals surface area contributed by atoms with E-state index in [4.69, 9.17) is 0 Å². The van der Waals surface area contributed by atoms with Gasteiger partial charge in [0.2, 0.25) is 11.8 Å². The molecule has 1 rings (SSSR count). The first-order valence-corrected chi connectivity index (χ1v) is 7.11. The molecule has 116 valence electrons. The van der Waals surface area contributed by atoms with E-state index in [1.165, 1.54) is 0 Å². The fraction of sp³-hybridized carbons (Fsp3) is 0.500. The van der Waals surface area contributed by atoms with Crippen LogP contribution in [-0.2, 0) is 16.0 Å². The molecule has 0 saturated heterocycles.